The molecule has 3 rings (SSSR count). The van der Waals surface area contributed by atoms with Crippen LogP contribution in [0.4, 0.5) is 0 Å². The molecule has 0 spiro atoms. The predicted molar refractivity (Wildman–Crippen MR) is 91.4 cm³/mol. The number of nitrogens with zero attached hydrogens (tertiary/aromatic N) is 3. The van der Waals surface area contributed by atoms with Gasteiger partial charge in [-0.15, -0.1) is 0 Å². The largest absolute Gasteiger partial charge is 0.476 e. The van der Waals surface area contributed by atoms with Crippen molar-refractivity contribution in [1.82, 2.24) is 15.0 Å². The predicted octanol–water partition coefficient (Wildman–Crippen LogP) is 4.37. The van der Waals surface area contributed by atoms with Crippen LogP contribution in [0, 0.1) is 0 Å². The Hall–Kier alpha value is -1.79. The summed E-state index contributed by atoms with van der Waals surface area (Å²) >= 11 is 7.34. The van der Waals surface area contributed by atoms with E-state index in [0.717, 1.165) is 12.0 Å². The van der Waals surface area contributed by atoms with Gasteiger partial charge in [-0.3, -0.25) is 0 Å². The highest BCUT2D eigenvalue weighted by molar-refractivity contribution is 7.98. The van der Waals surface area contributed by atoms with Crippen molar-refractivity contribution in [2.24, 2.45) is 0 Å². The average Bonchev–Trinajstić information content (AvgIpc) is 2.98. The molecule has 1 aromatic carbocycles. The zero-order chi connectivity index (χ0) is 16.2. The van der Waals surface area contributed by atoms with Gasteiger partial charge in [-0.2, -0.15) is 15.0 Å². The molecule has 0 bridgehead atoms. The Morgan fingerprint density at radius 2 is 1.96 bits per heavy atom. The first-order valence-corrected chi connectivity index (χ1v) is 8.88. The maximum absolute atomic E-state index is 5.92. The van der Waals surface area contributed by atoms with Gasteiger partial charge in [-0.25, -0.2) is 0 Å². The number of oxazole rings is 1. The summed E-state index contributed by atoms with van der Waals surface area (Å²) in [6.07, 6.45) is 3.37. The molecule has 7 heteroatoms. The summed E-state index contributed by atoms with van der Waals surface area (Å²) in [5, 5.41) is 1.26. The molecule has 0 amide bonds. The van der Waals surface area contributed by atoms with Crippen molar-refractivity contribution >= 4 is 34.6 Å². The van der Waals surface area contributed by atoms with Crippen molar-refractivity contribution in [3.8, 4) is 5.88 Å². The van der Waals surface area contributed by atoms with E-state index < -0.39 is 0 Å². The van der Waals surface area contributed by atoms with Crippen molar-refractivity contribution in [2.45, 2.75) is 25.0 Å². The van der Waals surface area contributed by atoms with Crippen LogP contribution < -0.4 is 4.74 Å². The van der Waals surface area contributed by atoms with Gasteiger partial charge in [0.05, 0.1) is 6.61 Å². The van der Waals surface area contributed by atoms with Gasteiger partial charge in [-0.05, 0) is 30.4 Å². The molecule has 0 aliphatic heterocycles. The molecule has 0 aliphatic rings. The molecule has 0 fully saturated rings. The van der Waals surface area contributed by atoms with Crippen LogP contribution in [0.1, 0.15) is 24.7 Å². The highest BCUT2D eigenvalue weighted by Gasteiger charge is 2.16. The minimum Gasteiger partial charge on any atom is -0.476 e. The number of hydrogen-bond acceptors (Lipinski definition) is 6. The molecular formula is C16H16ClN3O2S. The molecule has 5 nitrogen and oxygen atoms in total. The smallest absolute Gasteiger partial charge is 0.258 e. The Balaban J connectivity index is 1.97. The number of thioether (sulfide) groups is 1. The Morgan fingerprint density at radius 3 is 2.65 bits per heavy atom. The van der Waals surface area contributed by atoms with E-state index in [9.17, 15) is 0 Å². The van der Waals surface area contributed by atoms with Crippen LogP contribution in [0.5, 0.6) is 5.88 Å². The zero-order valence-electron chi connectivity index (χ0n) is 12.9. The first-order chi connectivity index (χ1) is 11.2. The third-order valence-corrected chi connectivity index (χ3v) is 3.92. The molecule has 120 valence electrons. The lowest BCUT2D eigenvalue weighted by atomic mass is 10.1. The Morgan fingerprint density at radius 1 is 1.17 bits per heavy atom. The summed E-state index contributed by atoms with van der Waals surface area (Å²) in [7, 11) is 0. The fourth-order valence-electron chi connectivity index (χ4n) is 2.07. The van der Waals surface area contributed by atoms with E-state index in [1.165, 1.54) is 11.8 Å². The van der Waals surface area contributed by atoms with Gasteiger partial charge in [0.25, 0.3) is 10.9 Å². The lowest BCUT2D eigenvalue weighted by Crippen LogP contribution is -2.03. The van der Waals surface area contributed by atoms with Crippen LogP contribution in [0.15, 0.2) is 33.9 Å². The minimum atomic E-state index is 0.458. The fourth-order valence-corrected chi connectivity index (χ4v) is 2.54. The molecule has 2 heterocycles. The molecule has 3 aromatic rings. The molecule has 23 heavy (non-hydrogen) atoms. The number of benzene rings is 1. The number of ether oxygens (including phenoxy) is 1. The van der Waals surface area contributed by atoms with Gasteiger partial charge >= 0.3 is 0 Å². The monoisotopic (exact) mass is 349 g/mol. The van der Waals surface area contributed by atoms with E-state index in [4.69, 9.17) is 20.8 Å². The number of hydrogen-bond donors (Lipinski definition) is 0. The van der Waals surface area contributed by atoms with Crippen molar-refractivity contribution in [3.63, 3.8) is 0 Å². The zero-order valence-corrected chi connectivity index (χ0v) is 14.4. The van der Waals surface area contributed by atoms with Crippen LogP contribution in [0.2, 0.25) is 5.02 Å². The molecule has 0 saturated heterocycles. The molecule has 2 aromatic heterocycles. The molecule has 0 unspecified atom stereocenters. The lowest BCUT2D eigenvalue weighted by molar-refractivity contribution is 0.307. The average molecular weight is 350 g/mol. The Kier molecular flexibility index (Phi) is 5.03. The van der Waals surface area contributed by atoms with Crippen molar-refractivity contribution < 1.29 is 9.15 Å². The minimum absolute atomic E-state index is 0.458. The van der Waals surface area contributed by atoms with Crippen LogP contribution in [-0.4, -0.2) is 27.8 Å². The molecule has 0 aliphatic carbocycles. The second-order valence-corrected chi connectivity index (χ2v) is 6.13. The summed E-state index contributed by atoms with van der Waals surface area (Å²) in [6.45, 7) is 2.62. The number of aromatic nitrogens is 3. The maximum Gasteiger partial charge on any atom is 0.258 e. The standard InChI is InChI=1S/C16H16ClN3O2S/c1-3-8-21-14-13-15(22-16(20-13)23-2)19-12(18-14)9-10-4-6-11(17)7-5-10/h4-7H,3,8-9H2,1-2H3. The van der Waals surface area contributed by atoms with Crippen LogP contribution in [-0.2, 0) is 6.42 Å². The first-order valence-electron chi connectivity index (χ1n) is 7.28. The third-order valence-electron chi connectivity index (χ3n) is 3.15. The van der Waals surface area contributed by atoms with Gasteiger partial charge in [0, 0.05) is 11.4 Å². The van der Waals surface area contributed by atoms with E-state index in [1.54, 1.807) is 0 Å². The Bertz CT molecular complexity index is 805. The van der Waals surface area contributed by atoms with Crippen molar-refractivity contribution in [3.05, 3.63) is 40.7 Å². The summed E-state index contributed by atoms with van der Waals surface area (Å²) < 4.78 is 11.4. The highest BCUT2D eigenvalue weighted by Crippen LogP contribution is 2.27. The topological polar surface area (TPSA) is 61.0 Å². The molecule has 0 N–H and O–H groups in total. The van der Waals surface area contributed by atoms with Gasteiger partial charge in [0.1, 0.15) is 5.82 Å². The second kappa shape index (κ2) is 7.19. The van der Waals surface area contributed by atoms with Gasteiger partial charge in [-0.1, -0.05) is 42.4 Å². The Labute approximate surface area is 143 Å². The van der Waals surface area contributed by atoms with Gasteiger partial charge in [0.15, 0.2) is 5.52 Å². The molecule has 0 radical (unpaired) electrons. The van der Waals surface area contributed by atoms with E-state index in [2.05, 4.69) is 15.0 Å². The van der Waals surface area contributed by atoms with Crippen LogP contribution in [0.25, 0.3) is 11.2 Å². The van der Waals surface area contributed by atoms with E-state index >= 15 is 0 Å². The van der Waals surface area contributed by atoms with Crippen LogP contribution >= 0.6 is 23.4 Å². The van der Waals surface area contributed by atoms with Crippen molar-refractivity contribution in [2.75, 3.05) is 12.9 Å². The number of halogens is 1. The van der Waals surface area contributed by atoms with Crippen LogP contribution in [0.3, 0.4) is 0 Å². The highest BCUT2D eigenvalue weighted by atomic mass is 35.5. The fraction of sp³-hybridized carbons (Fsp3) is 0.312. The molecule has 0 saturated carbocycles. The third kappa shape index (κ3) is 3.76. The SMILES string of the molecule is CCCOc1nc(Cc2ccc(Cl)cc2)nc2oc(SC)nc12. The van der Waals surface area contributed by atoms with E-state index in [0.29, 0.717) is 46.2 Å². The normalized spacial score (nSPS) is 11.1. The van der Waals surface area contributed by atoms with E-state index in [1.807, 2.05) is 37.4 Å². The second-order valence-electron chi connectivity index (χ2n) is 4.93. The number of rotatable bonds is 6. The summed E-state index contributed by atoms with van der Waals surface area (Å²) in [5.74, 6) is 1.11. The first kappa shape index (κ1) is 16.1. The van der Waals surface area contributed by atoms with E-state index in [-0.39, 0.29) is 0 Å². The summed E-state index contributed by atoms with van der Waals surface area (Å²) in [5.41, 5.74) is 2.10. The molecule has 0 atom stereocenters. The van der Waals surface area contributed by atoms with Gasteiger partial charge in [0.2, 0.25) is 5.88 Å². The maximum atomic E-state index is 5.92. The molecular weight excluding hydrogens is 334 g/mol. The lowest BCUT2D eigenvalue weighted by Gasteiger charge is -2.06. The number of fused-ring (bicyclic) bond motifs is 1. The summed E-state index contributed by atoms with van der Waals surface area (Å²) in [4.78, 5) is 13.3. The quantitative estimate of drug-likeness (QED) is 0.616. The van der Waals surface area contributed by atoms with Crippen molar-refractivity contribution in [1.29, 1.82) is 0 Å². The summed E-state index contributed by atoms with van der Waals surface area (Å²) in [6, 6.07) is 7.61. The van der Waals surface area contributed by atoms with Gasteiger partial charge < -0.3 is 9.15 Å².